The first-order valence-corrected chi connectivity index (χ1v) is 5.53. The maximum absolute atomic E-state index is 12.4. The van der Waals surface area contributed by atoms with Gasteiger partial charge in [-0.3, -0.25) is 5.32 Å². The zero-order chi connectivity index (χ0) is 14.8. The second-order valence-electron chi connectivity index (χ2n) is 5.01. The Kier molecular flexibility index (Phi) is 4.07. The summed E-state index contributed by atoms with van der Waals surface area (Å²) in [5, 5.41) is 2.35. The number of carbonyl (C=O) groups is 1. The first-order chi connectivity index (χ1) is 8.49. The summed E-state index contributed by atoms with van der Waals surface area (Å²) < 4.78 is 42.2. The molecule has 106 valence electrons. The van der Waals surface area contributed by atoms with Crippen LogP contribution in [-0.2, 0) is 10.9 Å². The molecule has 4 nitrogen and oxygen atoms in total. The molecule has 1 heterocycles. The average Bonchev–Trinajstić information content (AvgIpc) is 2.16. The molecule has 0 saturated heterocycles. The lowest BCUT2D eigenvalue weighted by Gasteiger charge is -2.20. The van der Waals surface area contributed by atoms with Gasteiger partial charge < -0.3 is 4.74 Å². The molecule has 7 heteroatoms. The molecule has 1 aromatic rings. The molecule has 0 saturated carbocycles. The van der Waals surface area contributed by atoms with Crippen molar-refractivity contribution in [3.05, 3.63) is 23.5 Å². The molecule has 0 bridgehead atoms. The normalized spacial score (nSPS) is 12.2. The summed E-state index contributed by atoms with van der Waals surface area (Å²) in [6.45, 7) is 6.50. The fourth-order valence-corrected chi connectivity index (χ4v) is 1.26. The van der Waals surface area contributed by atoms with E-state index < -0.39 is 23.6 Å². The summed E-state index contributed by atoms with van der Waals surface area (Å²) in [6, 6.07) is 0.868. The van der Waals surface area contributed by atoms with Crippen molar-refractivity contribution in [2.24, 2.45) is 0 Å². The summed E-state index contributed by atoms with van der Waals surface area (Å²) in [6.07, 6.45) is -4.28. The minimum atomic E-state index is -4.50. The summed E-state index contributed by atoms with van der Waals surface area (Å²) in [5.41, 5.74) is -1.24. The second kappa shape index (κ2) is 5.07. The van der Waals surface area contributed by atoms with E-state index in [2.05, 4.69) is 10.3 Å². The largest absolute Gasteiger partial charge is 0.444 e. The number of hydrogen-bond acceptors (Lipinski definition) is 3. The number of rotatable bonds is 1. The van der Waals surface area contributed by atoms with Crippen LogP contribution in [0, 0.1) is 6.92 Å². The van der Waals surface area contributed by atoms with Gasteiger partial charge in [-0.15, -0.1) is 0 Å². The Labute approximate surface area is 109 Å². The number of aromatic nitrogens is 1. The number of ether oxygens (including phenoxy) is 1. The van der Waals surface area contributed by atoms with Crippen molar-refractivity contribution >= 4 is 11.8 Å². The summed E-state index contributed by atoms with van der Waals surface area (Å²) in [5.74, 6) is 0. The number of aryl methyl sites for hydroxylation is 1. The predicted molar refractivity (Wildman–Crippen MR) is 63.8 cm³/mol. The Hall–Kier alpha value is -1.79. The first kappa shape index (κ1) is 15.3. The molecule has 0 aromatic carbocycles. The highest BCUT2D eigenvalue weighted by Gasteiger charge is 2.32. The van der Waals surface area contributed by atoms with Crippen LogP contribution in [0.15, 0.2) is 12.3 Å². The highest BCUT2D eigenvalue weighted by molar-refractivity contribution is 5.85. The molecule has 1 rings (SSSR count). The Bertz CT molecular complexity index is 479. The monoisotopic (exact) mass is 276 g/mol. The minimum absolute atomic E-state index is 0.183. The zero-order valence-corrected chi connectivity index (χ0v) is 11.1. The van der Waals surface area contributed by atoms with Crippen molar-refractivity contribution in [2.75, 3.05) is 5.32 Å². The molecule has 0 atom stereocenters. The van der Waals surface area contributed by atoms with Crippen molar-refractivity contribution in [1.29, 1.82) is 0 Å². The van der Waals surface area contributed by atoms with Crippen LogP contribution in [0.4, 0.5) is 23.7 Å². The van der Waals surface area contributed by atoms with Crippen LogP contribution in [0.2, 0.25) is 0 Å². The fourth-order valence-electron chi connectivity index (χ4n) is 1.26. The van der Waals surface area contributed by atoms with Crippen molar-refractivity contribution in [1.82, 2.24) is 4.98 Å². The van der Waals surface area contributed by atoms with Crippen LogP contribution in [-0.4, -0.2) is 16.7 Å². The van der Waals surface area contributed by atoms with Gasteiger partial charge in [0.05, 0.1) is 11.9 Å². The van der Waals surface area contributed by atoms with Crippen LogP contribution >= 0.6 is 0 Å². The maximum atomic E-state index is 12.4. The molecule has 19 heavy (non-hydrogen) atoms. The lowest BCUT2D eigenvalue weighted by atomic mass is 10.2. The van der Waals surface area contributed by atoms with Crippen molar-refractivity contribution < 1.29 is 22.7 Å². The van der Waals surface area contributed by atoms with Crippen LogP contribution in [0.3, 0.4) is 0 Å². The summed E-state index contributed by atoms with van der Waals surface area (Å²) in [4.78, 5) is 14.7. The second-order valence-corrected chi connectivity index (χ2v) is 5.01. The molecule has 0 fully saturated rings. The lowest BCUT2D eigenvalue weighted by Crippen LogP contribution is -2.27. The van der Waals surface area contributed by atoms with Crippen LogP contribution in [0.1, 0.15) is 32.0 Å². The molecule has 0 aliphatic carbocycles. The highest BCUT2D eigenvalue weighted by atomic mass is 19.4. The molecule has 0 radical (unpaired) electrons. The van der Waals surface area contributed by atoms with E-state index in [9.17, 15) is 18.0 Å². The van der Waals surface area contributed by atoms with Gasteiger partial charge in [0, 0.05) is 0 Å². The maximum Gasteiger partial charge on any atom is 0.433 e. The Morgan fingerprint density at radius 1 is 1.32 bits per heavy atom. The smallest absolute Gasteiger partial charge is 0.433 e. The Morgan fingerprint density at radius 2 is 1.89 bits per heavy atom. The molecule has 1 aromatic heterocycles. The first-order valence-electron chi connectivity index (χ1n) is 5.53. The van der Waals surface area contributed by atoms with Gasteiger partial charge in [-0.2, -0.15) is 13.2 Å². The number of hydrogen-bond donors (Lipinski definition) is 1. The minimum Gasteiger partial charge on any atom is -0.444 e. The van der Waals surface area contributed by atoms with Crippen molar-refractivity contribution in [3.63, 3.8) is 0 Å². The fraction of sp³-hybridized carbons (Fsp3) is 0.500. The van der Waals surface area contributed by atoms with Gasteiger partial charge in [-0.25, -0.2) is 9.78 Å². The third kappa shape index (κ3) is 4.76. The summed E-state index contributed by atoms with van der Waals surface area (Å²) in [7, 11) is 0. The number of carbonyl (C=O) groups excluding carboxylic acids is 1. The van der Waals surface area contributed by atoms with E-state index >= 15 is 0 Å². The molecule has 1 amide bonds. The third-order valence-electron chi connectivity index (χ3n) is 2.04. The van der Waals surface area contributed by atoms with E-state index in [1.165, 1.54) is 6.92 Å². The number of halogens is 3. The van der Waals surface area contributed by atoms with Gasteiger partial charge in [-0.05, 0) is 39.3 Å². The number of amides is 1. The molecule has 0 aliphatic rings. The number of pyridine rings is 1. The van der Waals surface area contributed by atoms with Crippen molar-refractivity contribution in [3.8, 4) is 0 Å². The van der Waals surface area contributed by atoms with Crippen LogP contribution in [0.5, 0.6) is 0 Å². The number of nitrogens with zero attached hydrogens (tertiary/aromatic N) is 1. The van der Waals surface area contributed by atoms with E-state index in [-0.39, 0.29) is 11.3 Å². The van der Waals surface area contributed by atoms with E-state index in [1.54, 1.807) is 20.8 Å². The molecule has 0 spiro atoms. The molecular weight excluding hydrogens is 261 g/mol. The molecule has 1 N–H and O–H groups in total. The average molecular weight is 276 g/mol. The van der Waals surface area contributed by atoms with Gasteiger partial charge in [0.1, 0.15) is 11.3 Å². The van der Waals surface area contributed by atoms with Gasteiger partial charge in [0.15, 0.2) is 0 Å². The standard InChI is InChI=1S/C12H15F3N2O2/c1-7-5-9(12(13,14)15)16-6-8(7)17-10(18)19-11(2,3)4/h5-6H,1-4H3,(H,17,18). The molecule has 0 aliphatic heterocycles. The zero-order valence-electron chi connectivity index (χ0n) is 11.1. The third-order valence-corrected chi connectivity index (χ3v) is 2.04. The quantitative estimate of drug-likeness (QED) is 0.849. The Morgan fingerprint density at radius 3 is 2.32 bits per heavy atom. The summed E-state index contributed by atoms with van der Waals surface area (Å²) >= 11 is 0. The molecular formula is C12H15F3N2O2. The van der Waals surface area contributed by atoms with Gasteiger partial charge in [0.2, 0.25) is 0 Å². The van der Waals surface area contributed by atoms with Crippen molar-refractivity contribution in [2.45, 2.75) is 39.5 Å². The number of nitrogens with one attached hydrogen (secondary N) is 1. The van der Waals surface area contributed by atoms with E-state index in [0.717, 1.165) is 12.3 Å². The van der Waals surface area contributed by atoms with Crippen LogP contribution < -0.4 is 5.32 Å². The van der Waals surface area contributed by atoms with E-state index in [1.807, 2.05) is 0 Å². The van der Waals surface area contributed by atoms with Crippen LogP contribution in [0.25, 0.3) is 0 Å². The Balaban J connectivity index is 2.84. The number of anilines is 1. The van der Waals surface area contributed by atoms with Gasteiger partial charge in [0.25, 0.3) is 0 Å². The van der Waals surface area contributed by atoms with Gasteiger partial charge >= 0.3 is 12.3 Å². The van der Waals surface area contributed by atoms with Gasteiger partial charge in [-0.1, -0.05) is 0 Å². The predicted octanol–water partition coefficient (Wildman–Crippen LogP) is 3.76. The topological polar surface area (TPSA) is 51.2 Å². The molecule has 0 unspecified atom stereocenters. The van der Waals surface area contributed by atoms with E-state index in [4.69, 9.17) is 4.74 Å². The van der Waals surface area contributed by atoms with E-state index in [0.29, 0.717) is 0 Å². The highest BCUT2D eigenvalue weighted by Crippen LogP contribution is 2.29. The number of alkyl halides is 3. The SMILES string of the molecule is Cc1cc(C(F)(F)F)ncc1NC(=O)OC(C)(C)C. The lowest BCUT2D eigenvalue weighted by molar-refractivity contribution is -0.141.